The van der Waals surface area contributed by atoms with Gasteiger partial charge in [0.15, 0.2) is 0 Å². The van der Waals surface area contributed by atoms with Crippen LogP contribution in [0.15, 0.2) is 48.5 Å². The van der Waals surface area contributed by atoms with Crippen molar-refractivity contribution >= 4 is 0 Å². The maximum Gasteiger partial charge on any atom is 0.125 e. The Balaban J connectivity index is 2.01. The van der Waals surface area contributed by atoms with Gasteiger partial charge in [-0.05, 0) is 31.0 Å². The summed E-state index contributed by atoms with van der Waals surface area (Å²) >= 11 is 0. The molecule has 2 aromatic carbocycles. The minimum absolute atomic E-state index is 0.507. The van der Waals surface area contributed by atoms with E-state index in [1.165, 1.54) is 5.56 Å². The molecule has 1 N–H and O–H groups in total. The lowest BCUT2D eigenvalue weighted by Gasteiger charge is -2.14. The Bertz CT molecular complexity index is 518. The highest BCUT2D eigenvalue weighted by molar-refractivity contribution is 5.38. The Kier molecular flexibility index (Phi) is 4.58. The van der Waals surface area contributed by atoms with Crippen molar-refractivity contribution in [2.24, 2.45) is 0 Å². The Morgan fingerprint density at radius 3 is 2.53 bits per heavy atom. The predicted molar refractivity (Wildman–Crippen MR) is 77.5 cm³/mol. The predicted octanol–water partition coefficient (Wildman–Crippen LogP) is 3.67. The van der Waals surface area contributed by atoms with E-state index >= 15 is 0 Å². The molecule has 2 nitrogen and oxygen atoms in total. The van der Waals surface area contributed by atoms with Crippen molar-refractivity contribution in [3.8, 4) is 5.75 Å². The summed E-state index contributed by atoms with van der Waals surface area (Å²) < 4.78 is 5.82. The first-order valence-electron chi connectivity index (χ1n) is 6.62. The van der Waals surface area contributed by atoms with Crippen molar-refractivity contribution < 1.29 is 9.84 Å². The van der Waals surface area contributed by atoms with Gasteiger partial charge in [-0.2, -0.15) is 0 Å². The molecule has 0 heterocycles. The molecule has 1 unspecified atom stereocenters. The minimum atomic E-state index is -0.507. The minimum Gasteiger partial charge on any atom is -0.493 e. The van der Waals surface area contributed by atoms with E-state index in [4.69, 9.17) is 4.74 Å². The third kappa shape index (κ3) is 3.83. The van der Waals surface area contributed by atoms with Gasteiger partial charge in [0.05, 0.1) is 12.7 Å². The lowest BCUT2D eigenvalue weighted by atomic mass is 10.1. The fourth-order valence-electron chi connectivity index (χ4n) is 2.04. The molecule has 1 atom stereocenters. The molecule has 100 valence electrons. The second kappa shape index (κ2) is 6.39. The zero-order chi connectivity index (χ0) is 13.7. The van der Waals surface area contributed by atoms with Crippen LogP contribution in [0.1, 0.15) is 29.7 Å². The molecule has 0 spiro atoms. The highest BCUT2D eigenvalue weighted by Gasteiger charge is 2.09. The van der Waals surface area contributed by atoms with Crippen LogP contribution >= 0.6 is 0 Å². The smallest absolute Gasteiger partial charge is 0.125 e. The third-order valence-corrected chi connectivity index (χ3v) is 3.11. The van der Waals surface area contributed by atoms with E-state index in [2.05, 4.69) is 12.1 Å². The number of hydrogen-bond acceptors (Lipinski definition) is 2. The first kappa shape index (κ1) is 13.6. The molecule has 2 aromatic rings. The summed E-state index contributed by atoms with van der Waals surface area (Å²) in [4.78, 5) is 0. The zero-order valence-corrected chi connectivity index (χ0v) is 11.5. The maximum atomic E-state index is 9.73. The second-order valence-corrected chi connectivity index (χ2v) is 4.80. The Morgan fingerprint density at radius 2 is 1.84 bits per heavy atom. The Labute approximate surface area is 114 Å². The van der Waals surface area contributed by atoms with Crippen molar-refractivity contribution in [3.63, 3.8) is 0 Å². The summed E-state index contributed by atoms with van der Waals surface area (Å²) in [6, 6.07) is 16.2. The second-order valence-electron chi connectivity index (χ2n) is 4.80. The van der Waals surface area contributed by atoms with Crippen molar-refractivity contribution in [2.75, 3.05) is 6.61 Å². The van der Waals surface area contributed by atoms with Gasteiger partial charge in [-0.25, -0.2) is 0 Å². The highest BCUT2D eigenvalue weighted by atomic mass is 16.5. The molecule has 0 fully saturated rings. The Morgan fingerprint density at radius 1 is 1.11 bits per heavy atom. The lowest BCUT2D eigenvalue weighted by Crippen LogP contribution is -2.05. The van der Waals surface area contributed by atoms with Crippen LogP contribution in [0.5, 0.6) is 5.75 Å². The molecule has 0 radical (unpaired) electrons. The van der Waals surface area contributed by atoms with E-state index in [9.17, 15) is 5.11 Å². The number of aliphatic hydroxyl groups is 1. The van der Waals surface area contributed by atoms with E-state index in [0.717, 1.165) is 23.3 Å². The van der Waals surface area contributed by atoms with Crippen LogP contribution < -0.4 is 4.74 Å². The summed E-state index contributed by atoms with van der Waals surface area (Å²) in [6.07, 6.45) is 0.362. The molecule has 0 aliphatic rings. The molecule has 0 bridgehead atoms. The largest absolute Gasteiger partial charge is 0.493 e. The number of rotatable bonds is 5. The fourth-order valence-corrected chi connectivity index (χ4v) is 2.04. The van der Waals surface area contributed by atoms with Crippen molar-refractivity contribution in [1.29, 1.82) is 0 Å². The first-order chi connectivity index (χ1) is 9.16. The summed E-state index contributed by atoms with van der Waals surface area (Å²) in [7, 11) is 0. The summed E-state index contributed by atoms with van der Waals surface area (Å²) in [5.74, 6) is 0.783. The van der Waals surface area contributed by atoms with Gasteiger partial charge in [0.2, 0.25) is 0 Å². The van der Waals surface area contributed by atoms with Crippen LogP contribution in [0.3, 0.4) is 0 Å². The van der Waals surface area contributed by atoms with E-state index < -0.39 is 6.10 Å². The maximum absolute atomic E-state index is 9.73. The Hall–Kier alpha value is -1.80. The molecule has 0 aromatic heterocycles. The fraction of sp³-hybridized carbons (Fsp3) is 0.294. The van der Waals surface area contributed by atoms with Crippen LogP contribution in [-0.4, -0.2) is 11.7 Å². The standard InChI is InChI=1S/C17H20O2/c1-13-8-9-16(14(2)18)17(12-13)19-11-10-15-6-4-3-5-7-15/h3-9,12,14,18H,10-11H2,1-2H3. The molecule has 0 saturated carbocycles. The van der Waals surface area contributed by atoms with E-state index in [1.807, 2.05) is 43.3 Å². The molecule has 0 aliphatic carbocycles. The molecule has 0 amide bonds. The van der Waals surface area contributed by atoms with Crippen molar-refractivity contribution in [3.05, 3.63) is 65.2 Å². The normalized spacial score (nSPS) is 12.2. The molecular formula is C17H20O2. The van der Waals surface area contributed by atoms with Crippen LogP contribution in [0.25, 0.3) is 0 Å². The number of ether oxygens (including phenoxy) is 1. The first-order valence-corrected chi connectivity index (χ1v) is 6.62. The molecule has 2 rings (SSSR count). The quantitative estimate of drug-likeness (QED) is 0.884. The van der Waals surface area contributed by atoms with E-state index in [-0.39, 0.29) is 0 Å². The van der Waals surface area contributed by atoms with Crippen molar-refractivity contribution in [2.45, 2.75) is 26.4 Å². The monoisotopic (exact) mass is 256 g/mol. The molecule has 0 saturated heterocycles. The SMILES string of the molecule is Cc1ccc(C(C)O)c(OCCc2ccccc2)c1. The highest BCUT2D eigenvalue weighted by Crippen LogP contribution is 2.26. The van der Waals surface area contributed by atoms with E-state index in [1.54, 1.807) is 6.92 Å². The van der Waals surface area contributed by atoms with Gasteiger partial charge in [0, 0.05) is 12.0 Å². The molecular weight excluding hydrogens is 236 g/mol. The van der Waals surface area contributed by atoms with E-state index in [0.29, 0.717) is 6.61 Å². The molecule has 0 aliphatic heterocycles. The lowest BCUT2D eigenvalue weighted by molar-refractivity contribution is 0.191. The average molecular weight is 256 g/mol. The number of aliphatic hydroxyl groups excluding tert-OH is 1. The van der Waals surface area contributed by atoms with Gasteiger partial charge < -0.3 is 9.84 Å². The van der Waals surface area contributed by atoms with Gasteiger partial charge in [-0.15, -0.1) is 0 Å². The van der Waals surface area contributed by atoms with Gasteiger partial charge in [0.25, 0.3) is 0 Å². The number of benzene rings is 2. The van der Waals surface area contributed by atoms with Crippen LogP contribution in [-0.2, 0) is 6.42 Å². The third-order valence-electron chi connectivity index (χ3n) is 3.11. The molecule has 2 heteroatoms. The van der Waals surface area contributed by atoms with Crippen LogP contribution in [0.4, 0.5) is 0 Å². The molecule has 19 heavy (non-hydrogen) atoms. The van der Waals surface area contributed by atoms with Gasteiger partial charge in [0.1, 0.15) is 5.75 Å². The summed E-state index contributed by atoms with van der Waals surface area (Å²) in [5.41, 5.74) is 3.24. The summed E-state index contributed by atoms with van der Waals surface area (Å²) in [5, 5.41) is 9.73. The number of hydrogen-bond donors (Lipinski definition) is 1. The van der Waals surface area contributed by atoms with Crippen molar-refractivity contribution in [1.82, 2.24) is 0 Å². The zero-order valence-electron chi connectivity index (χ0n) is 11.5. The van der Waals surface area contributed by atoms with Gasteiger partial charge >= 0.3 is 0 Å². The van der Waals surface area contributed by atoms with Gasteiger partial charge in [-0.3, -0.25) is 0 Å². The topological polar surface area (TPSA) is 29.5 Å². The average Bonchev–Trinajstić information content (AvgIpc) is 2.39. The van der Waals surface area contributed by atoms with Crippen LogP contribution in [0.2, 0.25) is 0 Å². The van der Waals surface area contributed by atoms with Gasteiger partial charge in [-0.1, -0.05) is 42.5 Å². The van der Waals surface area contributed by atoms with Crippen LogP contribution in [0, 0.1) is 6.92 Å². The number of aryl methyl sites for hydroxylation is 1. The summed E-state index contributed by atoms with van der Waals surface area (Å²) in [6.45, 7) is 4.40.